The Morgan fingerprint density at radius 1 is 0.923 bits per heavy atom. The van der Waals surface area contributed by atoms with Crippen LogP contribution in [-0.2, 0) is 23.7 Å². The summed E-state index contributed by atoms with van der Waals surface area (Å²) in [6, 6.07) is 0. The van der Waals surface area contributed by atoms with Gasteiger partial charge in [0.25, 0.3) is 0 Å². The second kappa shape index (κ2) is 8.84. The predicted octanol–water partition coefficient (Wildman–Crippen LogP) is 3.11. The number of hydrogen-bond acceptors (Lipinski definition) is 6. The van der Waals surface area contributed by atoms with Crippen LogP contribution >= 0.6 is 0 Å². The van der Waals surface area contributed by atoms with E-state index in [2.05, 4.69) is 27.7 Å². The van der Waals surface area contributed by atoms with E-state index in [-0.39, 0.29) is 6.10 Å². The third-order valence-corrected chi connectivity index (χ3v) is 4.91. The van der Waals surface area contributed by atoms with Crippen LogP contribution in [0.3, 0.4) is 0 Å². The Kier molecular flexibility index (Phi) is 7.50. The van der Waals surface area contributed by atoms with Crippen molar-refractivity contribution in [2.75, 3.05) is 19.8 Å². The molecule has 0 saturated carbocycles. The molecule has 0 aromatic rings. The Morgan fingerprint density at radius 2 is 1.38 bits per heavy atom. The lowest BCUT2D eigenvalue weighted by molar-refractivity contribution is -0.207. The zero-order valence-corrected chi connectivity index (χ0v) is 17.5. The van der Waals surface area contributed by atoms with Crippen LogP contribution < -0.4 is 0 Å². The van der Waals surface area contributed by atoms with Crippen molar-refractivity contribution in [3.63, 3.8) is 0 Å². The monoisotopic (exact) mass is 374 g/mol. The van der Waals surface area contributed by atoms with E-state index in [0.717, 1.165) is 12.8 Å². The Morgan fingerprint density at radius 3 is 1.85 bits per heavy atom. The highest BCUT2D eigenvalue weighted by atomic mass is 16.8. The van der Waals surface area contributed by atoms with Crippen LogP contribution in [0.2, 0.25) is 0 Å². The summed E-state index contributed by atoms with van der Waals surface area (Å²) in [5.41, 5.74) is 0. The Balaban J connectivity index is 2.01. The van der Waals surface area contributed by atoms with Crippen molar-refractivity contribution < 1.29 is 28.8 Å². The smallest absolute Gasteiger partial charge is 0.166 e. The highest BCUT2D eigenvalue weighted by Gasteiger charge is 2.48. The molecule has 2 rings (SSSR count). The minimum Gasteiger partial charge on any atom is -0.387 e. The highest BCUT2D eigenvalue weighted by Crippen LogP contribution is 2.36. The summed E-state index contributed by atoms with van der Waals surface area (Å²) >= 11 is 0. The van der Waals surface area contributed by atoms with Gasteiger partial charge in [-0.3, -0.25) is 0 Å². The van der Waals surface area contributed by atoms with Crippen molar-refractivity contribution >= 4 is 0 Å². The Bertz CT molecular complexity index is 442. The maximum Gasteiger partial charge on any atom is 0.166 e. The molecule has 0 spiro atoms. The summed E-state index contributed by atoms with van der Waals surface area (Å²) in [5, 5.41) is 11.0. The normalized spacial score (nSPS) is 37.6. The lowest BCUT2D eigenvalue weighted by Crippen LogP contribution is -2.49. The summed E-state index contributed by atoms with van der Waals surface area (Å²) in [6.07, 6.45) is -0.521. The summed E-state index contributed by atoms with van der Waals surface area (Å²) in [6.45, 7) is 15.6. The molecule has 154 valence electrons. The molecular formula is C20H38O6. The van der Waals surface area contributed by atoms with E-state index in [1.165, 1.54) is 0 Å². The first-order chi connectivity index (χ1) is 12.1. The summed E-state index contributed by atoms with van der Waals surface area (Å²) in [4.78, 5) is 0. The molecule has 2 fully saturated rings. The third kappa shape index (κ3) is 5.63. The average Bonchev–Trinajstić information content (AvgIpc) is 3.06. The van der Waals surface area contributed by atoms with Crippen LogP contribution in [0, 0.1) is 11.8 Å². The number of aliphatic hydroxyl groups is 1. The molecule has 2 heterocycles. The van der Waals surface area contributed by atoms with Gasteiger partial charge in [-0.1, -0.05) is 27.7 Å². The molecule has 0 aromatic heterocycles. The minimum absolute atomic E-state index is 0.325. The summed E-state index contributed by atoms with van der Waals surface area (Å²) in [7, 11) is 0. The van der Waals surface area contributed by atoms with Gasteiger partial charge < -0.3 is 28.8 Å². The molecule has 0 radical (unpaired) electrons. The van der Waals surface area contributed by atoms with Crippen molar-refractivity contribution in [1.29, 1.82) is 0 Å². The van der Waals surface area contributed by atoms with Gasteiger partial charge in [-0.05, 0) is 32.6 Å². The number of ether oxygens (including phenoxy) is 5. The first-order valence-electron chi connectivity index (χ1n) is 10.0. The molecule has 2 saturated heterocycles. The van der Waals surface area contributed by atoms with Gasteiger partial charge in [0.05, 0.1) is 13.2 Å². The van der Waals surface area contributed by atoms with Crippen LogP contribution in [0.25, 0.3) is 0 Å². The standard InChI is InChI=1S/C20H38O6/c1-8-22-18(16-12-24-20(7,26-16)10-14(4)5)17(21)15-11-23-19(6,25-15)9-13(2)3/h13-18,21H,8-12H2,1-7H3. The quantitative estimate of drug-likeness (QED) is 0.669. The molecule has 2 aliphatic rings. The van der Waals surface area contributed by atoms with Gasteiger partial charge in [0.2, 0.25) is 0 Å². The average molecular weight is 375 g/mol. The highest BCUT2D eigenvalue weighted by molar-refractivity contribution is 4.91. The van der Waals surface area contributed by atoms with Gasteiger partial charge >= 0.3 is 0 Å². The molecule has 26 heavy (non-hydrogen) atoms. The second-order valence-electron chi connectivity index (χ2n) is 8.81. The van der Waals surface area contributed by atoms with Gasteiger partial charge in [0, 0.05) is 19.4 Å². The second-order valence-corrected chi connectivity index (χ2v) is 8.81. The van der Waals surface area contributed by atoms with Gasteiger partial charge in [0.1, 0.15) is 24.4 Å². The van der Waals surface area contributed by atoms with E-state index >= 15 is 0 Å². The third-order valence-electron chi connectivity index (χ3n) is 4.91. The van der Waals surface area contributed by atoms with E-state index < -0.39 is 29.9 Å². The topological polar surface area (TPSA) is 66.4 Å². The first-order valence-corrected chi connectivity index (χ1v) is 10.0. The van der Waals surface area contributed by atoms with Crippen molar-refractivity contribution in [2.24, 2.45) is 11.8 Å². The van der Waals surface area contributed by atoms with Crippen molar-refractivity contribution in [3.05, 3.63) is 0 Å². The maximum absolute atomic E-state index is 11.0. The molecule has 0 aliphatic carbocycles. The fourth-order valence-electron chi connectivity index (χ4n) is 4.15. The van der Waals surface area contributed by atoms with E-state index in [1.807, 2.05) is 20.8 Å². The lowest BCUT2D eigenvalue weighted by atomic mass is 10.0. The Labute approximate surface area is 158 Å². The van der Waals surface area contributed by atoms with Crippen LogP contribution in [-0.4, -0.2) is 60.9 Å². The zero-order valence-electron chi connectivity index (χ0n) is 17.5. The minimum atomic E-state index is -0.834. The van der Waals surface area contributed by atoms with Gasteiger partial charge in [-0.25, -0.2) is 0 Å². The van der Waals surface area contributed by atoms with Crippen LogP contribution in [0.4, 0.5) is 0 Å². The van der Waals surface area contributed by atoms with E-state index in [4.69, 9.17) is 23.7 Å². The van der Waals surface area contributed by atoms with Crippen molar-refractivity contribution in [2.45, 2.75) is 97.3 Å². The molecule has 0 aromatic carbocycles. The molecule has 0 amide bonds. The first kappa shape index (κ1) is 22.1. The predicted molar refractivity (Wildman–Crippen MR) is 98.8 cm³/mol. The molecule has 6 nitrogen and oxygen atoms in total. The Hall–Kier alpha value is -0.240. The molecule has 0 bridgehead atoms. The van der Waals surface area contributed by atoms with Crippen molar-refractivity contribution in [3.8, 4) is 0 Å². The number of hydrogen-bond donors (Lipinski definition) is 1. The van der Waals surface area contributed by atoms with Crippen molar-refractivity contribution in [1.82, 2.24) is 0 Å². The van der Waals surface area contributed by atoms with E-state index in [0.29, 0.717) is 31.7 Å². The number of aliphatic hydroxyl groups excluding tert-OH is 1. The maximum atomic E-state index is 11.0. The molecule has 6 unspecified atom stereocenters. The van der Waals surface area contributed by atoms with Gasteiger partial charge in [0.15, 0.2) is 11.6 Å². The molecule has 2 aliphatic heterocycles. The van der Waals surface area contributed by atoms with Gasteiger partial charge in [-0.2, -0.15) is 0 Å². The largest absolute Gasteiger partial charge is 0.387 e. The van der Waals surface area contributed by atoms with E-state index in [1.54, 1.807) is 0 Å². The zero-order chi connectivity index (χ0) is 19.5. The summed E-state index contributed by atoms with van der Waals surface area (Å²) < 4.78 is 29.9. The fourth-order valence-corrected chi connectivity index (χ4v) is 4.15. The van der Waals surface area contributed by atoms with Crippen LogP contribution in [0.15, 0.2) is 0 Å². The van der Waals surface area contributed by atoms with Crippen LogP contribution in [0.1, 0.15) is 61.3 Å². The van der Waals surface area contributed by atoms with E-state index in [9.17, 15) is 5.11 Å². The molecule has 6 heteroatoms. The van der Waals surface area contributed by atoms with Gasteiger partial charge in [-0.15, -0.1) is 0 Å². The van der Waals surface area contributed by atoms with Crippen LogP contribution in [0.5, 0.6) is 0 Å². The molecular weight excluding hydrogens is 336 g/mol. The SMILES string of the molecule is CCOC(C1COC(C)(CC(C)C)O1)C(O)C1COC(C)(CC(C)C)O1. The molecule has 1 N–H and O–H groups in total. The fraction of sp³-hybridized carbons (Fsp3) is 1.00. The summed E-state index contributed by atoms with van der Waals surface area (Å²) in [5.74, 6) is -0.387. The number of rotatable bonds is 9. The lowest BCUT2D eigenvalue weighted by Gasteiger charge is -2.32. The molecule has 6 atom stereocenters.